The van der Waals surface area contributed by atoms with Crippen LogP contribution in [0, 0.1) is 13.8 Å². The molecule has 0 radical (unpaired) electrons. The zero-order chi connectivity index (χ0) is 19.7. The molecule has 0 N–H and O–H groups in total. The molecule has 2 aromatic carbocycles. The summed E-state index contributed by atoms with van der Waals surface area (Å²) in [5.74, 6) is 0.476. The standard InChI is InChI=1S/C26H38/c1-10-11-22(23-16-20(25(4,5)6)14-12-18(23)2)24-17-21(26(7,8)9)15-13-19(24)3/h12-17,22H,10-11H2,1-9H3. The minimum Gasteiger partial charge on any atom is -0.0653 e. The molecule has 0 spiro atoms. The molecule has 0 atom stereocenters. The summed E-state index contributed by atoms with van der Waals surface area (Å²) >= 11 is 0. The monoisotopic (exact) mass is 350 g/mol. The summed E-state index contributed by atoms with van der Waals surface area (Å²) in [5, 5.41) is 0. The van der Waals surface area contributed by atoms with Crippen molar-refractivity contribution in [3.63, 3.8) is 0 Å². The van der Waals surface area contributed by atoms with Crippen LogP contribution in [-0.2, 0) is 10.8 Å². The highest BCUT2D eigenvalue weighted by atomic mass is 14.3. The van der Waals surface area contributed by atoms with Crippen molar-refractivity contribution in [2.75, 3.05) is 0 Å². The number of hydrogen-bond donors (Lipinski definition) is 0. The first-order valence-corrected chi connectivity index (χ1v) is 10.2. The average molecular weight is 351 g/mol. The molecule has 0 fully saturated rings. The van der Waals surface area contributed by atoms with E-state index in [1.165, 1.54) is 46.2 Å². The maximum atomic E-state index is 2.47. The zero-order valence-electron chi connectivity index (χ0n) is 18.5. The Balaban J connectivity index is 2.64. The summed E-state index contributed by atoms with van der Waals surface area (Å²) in [6.07, 6.45) is 2.39. The third-order valence-electron chi connectivity index (χ3n) is 5.62. The topological polar surface area (TPSA) is 0 Å². The molecule has 0 bridgehead atoms. The minimum atomic E-state index is 0.182. The van der Waals surface area contributed by atoms with E-state index in [9.17, 15) is 0 Å². The van der Waals surface area contributed by atoms with Gasteiger partial charge in [-0.2, -0.15) is 0 Å². The second kappa shape index (κ2) is 7.59. The quantitative estimate of drug-likeness (QED) is 0.527. The Bertz CT molecular complexity index is 687. The van der Waals surface area contributed by atoms with Gasteiger partial charge in [0, 0.05) is 5.92 Å². The van der Waals surface area contributed by atoms with E-state index in [0.717, 1.165) is 0 Å². The third kappa shape index (κ3) is 4.58. The van der Waals surface area contributed by atoms with E-state index in [1.54, 1.807) is 0 Å². The molecule has 0 aliphatic rings. The lowest BCUT2D eigenvalue weighted by Crippen LogP contribution is -2.15. The van der Waals surface area contributed by atoms with Crippen molar-refractivity contribution in [3.05, 3.63) is 69.8 Å². The van der Waals surface area contributed by atoms with E-state index in [4.69, 9.17) is 0 Å². The van der Waals surface area contributed by atoms with Gasteiger partial charge in [-0.15, -0.1) is 0 Å². The van der Waals surface area contributed by atoms with E-state index in [0.29, 0.717) is 5.92 Å². The SMILES string of the molecule is CCCC(c1cc(C(C)(C)C)ccc1C)c1cc(C(C)(C)C)ccc1C. The van der Waals surface area contributed by atoms with Crippen LogP contribution in [0.2, 0.25) is 0 Å². The molecule has 26 heavy (non-hydrogen) atoms. The van der Waals surface area contributed by atoms with Crippen molar-refractivity contribution in [3.8, 4) is 0 Å². The zero-order valence-corrected chi connectivity index (χ0v) is 18.5. The van der Waals surface area contributed by atoms with Gasteiger partial charge in [0.2, 0.25) is 0 Å². The van der Waals surface area contributed by atoms with Crippen LogP contribution in [0.15, 0.2) is 36.4 Å². The van der Waals surface area contributed by atoms with E-state index < -0.39 is 0 Å². The second-order valence-electron chi connectivity index (χ2n) is 9.98. The number of benzene rings is 2. The molecule has 142 valence electrons. The molecule has 0 heteroatoms. The molecule has 2 rings (SSSR count). The van der Waals surface area contributed by atoms with Gasteiger partial charge in [-0.25, -0.2) is 0 Å². The van der Waals surface area contributed by atoms with Gasteiger partial charge in [-0.3, -0.25) is 0 Å². The van der Waals surface area contributed by atoms with Crippen LogP contribution >= 0.6 is 0 Å². The lowest BCUT2D eigenvalue weighted by Gasteiger charge is -2.28. The van der Waals surface area contributed by atoms with Crippen LogP contribution in [-0.4, -0.2) is 0 Å². The molecule has 0 nitrogen and oxygen atoms in total. The molecule has 0 aliphatic carbocycles. The Labute approximate surface area is 162 Å². The highest BCUT2D eigenvalue weighted by Gasteiger charge is 2.23. The van der Waals surface area contributed by atoms with Gasteiger partial charge in [0.1, 0.15) is 0 Å². The molecule has 0 heterocycles. The summed E-state index contributed by atoms with van der Waals surface area (Å²) in [5.41, 5.74) is 9.08. The van der Waals surface area contributed by atoms with E-state index >= 15 is 0 Å². The Morgan fingerprint density at radius 2 is 1.08 bits per heavy atom. The van der Waals surface area contributed by atoms with Crippen LogP contribution in [0.25, 0.3) is 0 Å². The first-order valence-electron chi connectivity index (χ1n) is 10.2. The van der Waals surface area contributed by atoms with Crippen molar-refractivity contribution in [2.24, 2.45) is 0 Å². The van der Waals surface area contributed by atoms with Gasteiger partial charge >= 0.3 is 0 Å². The third-order valence-corrected chi connectivity index (χ3v) is 5.62. The Kier molecular flexibility index (Phi) is 6.06. The van der Waals surface area contributed by atoms with Gasteiger partial charge in [0.05, 0.1) is 0 Å². The fourth-order valence-electron chi connectivity index (χ4n) is 3.73. The fraction of sp³-hybridized carbons (Fsp3) is 0.538. The molecule has 0 aliphatic heterocycles. The normalized spacial score (nSPS) is 12.7. The van der Waals surface area contributed by atoms with Crippen molar-refractivity contribution < 1.29 is 0 Å². The molecule has 0 aromatic heterocycles. The average Bonchev–Trinajstić information content (AvgIpc) is 2.52. The highest BCUT2D eigenvalue weighted by Crippen LogP contribution is 2.37. The van der Waals surface area contributed by atoms with E-state index in [2.05, 4.69) is 98.7 Å². The first-order chi connectivity index (χ1) is 11.9. The van der Waals surface area contributed by atoms with Crippen molar-refractivity contribution in [1.29, 1.82) is 0 Å². The van der Waals surface area contributed by atoms with Crippen LogP contribution in [0.4, 0.5) is 0 Å². The van der Waals surface area contributed by atoms with E-state index in [-0.39, 0.29) is 10.8 Å². The van der Waals surface area contributed by atoms with E-state index in [1.807, 2.05) is 0 Å². The molecule has 0 amide bonds. The molecule has 0 saturated carbocycles. The molecule has 0 unspecified atom stereocenters. The summed E-state index contributed by atoms with van der Waals surface area (Å²) in [6, 6.07) is 14.2. The second-order valence-corrected chi connectivity index (χ2v) is 9.98. The van der Waals surface area contributed by atoms with Crippen LogP contribution in [0.1, 0.15) is 101 Å². The van der Waals surface area contributed by atoms with Crippen molar-refractivity contribution >= 4 is 0 Å². The first kappa shape index (κ1) is 20.7. The van der Waals surface area contributed by atoms with Gasteiger partial charge in [0.25, 0.3) is 0 Å². The van der Waals surface area contributed by atoms with Gasteiger partial charge in [0.15, 0.2) is 0 Å². The lowest BCUT2D eigenvalue weighted by atomic mass is 9.77. The number of hydrogen-bond acceptors (Lipinski definition) is 0. The van der Waals surface area contributed by atoms with Crippen LogP contribution in [0.3, 0.4) is 0 Å². The summed E-state index contributed by atoms with van der Waals surface area (Å²) in [6.45, 7) is 20.7. The Hall–Kier alpha value is -1.56. The van der Waals surface area contributed by atoms with Crippen molar-refractivity contribution in [1.82, 2.24) is 0 Å². The highest BCUT2D eigenvalue weighted by molar-refractivity contribution is 5.46. The van der Waals surface area contributed by atoms with Crippen LogP contribution < -0.4 is 0 Å². The summed E-state index contributed by atoms with van der Waals surface area (Å²) < 4.78 is 0. The van der Waals surface area contributed by atoms with Gasteiger partial charge < -0.3 is 0 Å². The number of aryl methyl sites for hydroxylation is 2. The lowest BCUT2D eigenvalue weighted by molar-refractivity contribution is 0.583. The molecular formula is C26H38. The maximum absolute atomic E-state index is 2.47. The van der Waals surface area contributed by atoms with Crippen LogP contribution in [0.5, 0.6) is 0 Å². The predicted octanol–water partition coefficient (Wildman–Crippen LogP) is 7.83. The predicted molar refractivity (Wildman–Crippen MR) is 117 cm³/mol. The molecule has 2 aromatic rings. The largest absolute Gasteiger partial charge is 0.0653 e. The van der Waals surface area contributed by atoms with Gasteiger partial charge in [-0.05, 0) is 64.5 Å². The molecular weight excluding hydrogens is 312 g/mol. The number of rotatable bonds is 4. The smallest absolute Gasteiger partial charge is 0.00946 e. The Morgan fingerprint density at radius 3 is 1.38 bits per heavy atom. The minimum absolute atomic E-state index is 0.182. The Morgan fingerprint density at radius 1 is 0.692 bits per heavy atom. The fourth-order valence-corrected chi connectivity index (χ4v) is 3.73. The molecule has 0 saturated heterocycles. The van der Waals surface area contributed by atoms with Crippen molar-refractivity contribution in [2.45, 2.75) is 91.9 Å². The summed E-state index contributed by atoms with van der Waals surface area (Å²) in [7, 11) is 0. The van der Waals surface area contributed by atoms with Gasteiger partial charge in [-0.1, -0.05) is 91.3 Å². The maximum Gasteiger partial charge on any atom is 0.00946 e. The summed E-state index contributed by atoms with van der Waals surface area (Å²) in [4.78, 5) is 0.